The second-order valence-corrected chi connectivity index (χ2v) is 2.49. The topological polar surface area (TPSA) is 37.3 Å². The van der Waals surface area contributed by atoms with Gasteiger partial charge in [-0.1, -0.05) is 12.1 Å². The fraction of sp³-hybridized carbons (Fsp3) is 0.100. The molecule has 0 radical (unpaired) electrons. The number of allylic oxidation sites excluding steroid dienone is 1. The van der Waals surface area contributed by atoms with E-state index in [1.807, 2.05) is 0 Å². The molecule has 1 aromatic rings. The van der Waals surface area contributed by atoms with E-state index < -0.39 is 0 Å². The molecule has 0 heterocycles. The predicted molar refractivity (Wildman–Crippen MR) is 47.5 cm³/mol. The second kappa shape index (κ2) is 4.52. The Morgan fingerprint density at radius 2 is 2.00 bits per heavy atom. The van der Waals surface area contributed by atoms with Crippen molar-refractivity contribution in [3.8, 4) is 0 Å². The third kappa shape index (κ3) is 2.49. The van der Waals surface area contributed by atoms with E-state index in [4.69, 9.17) is 5.11 Å². The molecule has 13 heavy (non-hydrogen) atoms. The van der Waals surface area contributed by atoms with Crippen molar-refractivity contribution >= 4 is 11.9 Å². The first-order valence-corrected chi connectivity index (χ1v) is 3.79. The number of hydrogen-bond acceptors (Lipinski definition) is 2. The fourth-order valence-electron chi connectivity index (χ4n) is 0.986. The molecule has 0 aliphatic carbocycles. The minimum Gasteiger partial charge on any atom is -0.392 e. The molecule has 0 bridgehead atoms. The zero-order chi connectivity index (χ0) is 9.68. The summed E-state index contributed by atoms with van der Waals surface area (Å²) in [6, 6.07) is 5.59. The summed E-state index contributed by atoms with van der Waals surface area (Å²) < 4.78 is 12.5. The molecular formula is C10H9FO2. The third-order valence-electron chi connectivity index (χ3n) is 1.65. The number of benzene rings is 1. The summed E-state index contributed by atoms with van der Waals surface area (Å²) in [6.07, 6.45) is 1.85. The van der Waals surface area contributed by atoms with Gasteiger partial charge in [0, 0.05) is 0 Å². The van der Waals surface area contributed by atoms with Crippen LogP contribution in [0.2, 0.25) is 0 Å². The Morgan fingerprint density at radius 3 is 2.46 bits per heavy atom. The van der Waals surface area contributed by atoms with Crippen molar-refractivity contribution in [1.29, 1.82) is 0 Å². The van der Waals surface area contributed by atoms with Crippen molar-refractivity contribution < 1.29 is 14.3 Å². The molecule has 68 valence electrons. The first-order chi connectivity index (χ1) is 6.27. The number of carbonyl (C=O) groups excluding carboxylic acids is 1. The molecule has 0 fully saturated rings. The minimum absolute atomic E-state index is 0.232. The van der Waals surface area contributed by atoms with Crippen LogP contribution in [0.3, 0.4) is 0 Å². The molecule has 0 unspecified atom stereocenters. The summed E-state index contributed by atoms with van der Waals surface area (Å²) in [6.45, 7) is -0.232. The number of aldehydes is 1. The Balaban J connectivity index is 2.99. The van der Waals surface area contributed by atoms with Gasteiger partial charge < -0.3 is 5.11 Å². The van der Waals surface area contributed by atoms with Crippen molar-refractivity contribution in [2.24, 2.45) is 0 Å². The van der Waals surface area contributed by atoms with Crippen LogP contribution in [-0.2, 0) is 4.79 Å². The summed E-state index contributed by atoms with van der Waals surface area (Å²) in [5.74, 6) is -0.341. The molecule has 1 aromatic carbocycles. The van der Waals surface area contributed by atoms with Crippen LogP contribution in [0.1, 0.15) is 5.56 Å². The SMILES string of the molecule is O=C/C=C(\CO)c1ccc(F)cc1. The van der Waals surface area contributed by atoms with Gasteiger partial charge >= 0.3 is 0 Å². The summed E-state index contributed by atoms with van der Waals surface area (Å²) >= 11 is 0. The van der Waals surface area contributed by atoms with Gasteiger partial charge in [0.1, 0.15) is 12.1 Å². The van der Waals surface area contributed by atoms with Crippen LogP contribution < -0.4 is 0 Å². The van der Waals surface area contributed by atoms with Crippen molar-refractivity contribution in [3.63, 3.8) is 0 Å². The Morgan fingerprint density at radius 1 is 1.38 bits per heavy atom. The standard InChI is InChI=1S/C10H9FO2/c11-10-3-1-8(2-4-10)9(7-13)5-6-12/h1-6,13H,7H2/b9-5+. The molecule has 0 amide bonds. The molecule has 0 aromatic heterocycles. The van der Waals surface area contributed by atoms with Crippen molar-refractivity contribution in [2.75, 3.05) is 6.61 Å². The van der Waals surface area contributed by atoms with Gasteiger partial charge in [0.05, 0.1) is 6.61 Å². The molecule has 1 N–H and O–H groups in total. The van der Waals surface area contributed by atoms with Gasteiger partial charge in [-0.05, 0) is 29.3 Å². The lowest BCUT2D eigenvalue weighted by Crippen LogP contribution is -1.91. The highest BCUT2D eigenvalue weighted by Crippen LogP contribution is 2.13. The molecule has 2 nitrogen and oxygen atoms in total. The Bertz CT molecular complexity index is 314. The van der Waals surface area contributed by atoms with Gasteiger partial charge in [0.15, 0.2) is 0 Å². The van der Waals surface area contributed by atoms with E-state index in [0.717, 1.165) is 0 Å². The van der Waals surface area contributed by atoms with E-state index in [-0.39, 0.29) is 12.4 Å². The van der Waals surface area contributed by atoms with Gasteiger partial charge in [-0.25, -0.2) is 4.39 Å². The number of aliphatic hydroxyl groups excluding tert-OH is 1. The van der Waals surface area contributed by atoms with Crippen LogP contribution in [0.5, 0.6) is 0 Å². The molecule has 1 rings (SSSR count). The average molecular weight is 180 g/mol. The van der Waals surface area contributed by atoms with Crippen molar-refractivity contribution in [2.45, 2.75) is 0 Å². The zero-order valence-corrected chi connectivity index (χ0v) is 6.90. The number of hydrogen-bond donors (Lipinski definition) is 1. The van der Waals surface area contributed by atoms with E-state index >= 15 is 0 Å². The van der Waals surface area contributed by atoms with Crippen LogP contribution in [0.4, 0.5) is 4.39 Å². The maximum atomic E-state index is 12.5. The highest BCUT2D eigenvalue weighted by molar-refractivity contribution is 5.81. The molecule has 0 saturated carbocycles. The van der Waals surface area contributed by atoms with Gasteiger partial charge in [-0.2, -0.15) is 0 Å². The monoisotopic (exact) mass is 180 g/mol. The van der Waals surface area contributed by atoms with Gasteiger partial charge in [0.2, 0.25) is 0 Å². The maximum absolute atomic E-state index is 12.5. The first kappa shape index (κ1) is 9.61. The maximum Gasteiger partial charge on any atom is 0.143 e. The van der Waals surface area contributed by atoms with Crippen LogP contribution in [0.25, 0.3) is 5.57 Å². The van der Waals surface area contributed by atoms with Crippen LogP contribution in [0.15, 0.2) is 30.3 Å². The molecule has 3 heteroatoms. The Kier molecular flexibility index (Phi) is 3.34. The number of aliphatic hydroxyl groups is 1. The summed E-state index contributed by atoms with van der Waals surface area (Å²) in [7, 11) is 0. The zero-order valence-electron chi connectivity index (χ0n) is 6.90. The fourth-order valence-corrected chi connectivity index (χ4v) is 0.986. The van der Waals surface area contributed by atoms with E-state index in [9.17, 15) is 9.18 Å². The Hall–Kier alpha value is -1.48. The smallest absolute Gasteiger partial charge is 0.143 e. The average Bonchev–Trinajstić information content (AvgIpc) is 2.16. The predicted octanol–water partition coefficient (Wildman–Crippen LogP) is 1.40. The van der Waals surface area contributed by atoms with Crippen LogP contribution >= 0.6 is 0 Å². The van der Waals surface area contributed by atoms with E-state index in [1.54, 1.807) is 0 Å². The molecule has 0 atom stereocenters. The quantitative estimate of drug-likeness (QED) is 0.564. The van der Waals surface area contributed by atoms with Gasteiger partial charge in [0.25, 0.3) is 0 Å². The highest BCUT2D eigenvalue weighted by Gasteiger charge is 1.99. The summed E-state index contributed by atoms with van der Waals surface area (Å²) in [5, 5.41) is 8.86. The highest BCUT2D eigenvalue weighted by atomic mass is 19.1. The minimum atomic E-state index is -0.341. The summed E-state index contributed by atoms with van der Waals surface area (Å²) in [5.41, 5.74) is 1.13. The molecule has 0 aliphatic heterocycles. The molecule has 0 aliphatic rings. The van der Waals surface area contributed by atoms with Crippen LogP contribution in [-0.4, -0.2) is 18.0 Å². The molecule has 0 spiro atoms. The van der Waals surface area contributed by atoms with E-state index in [2.05, 4.69) is 0 Å². The second-order valence-electron chi connectivity index (χ2n) is 2.49. The Labute approximate surface area is 75.3 Å². The molecular weight excluding hydrogens is 171 g/mol. The number of carbonyl (C=O) groups is 1. The number of rotatable bonds is 3. The van der Waals surface area contributed by atoms with E-state index in [1.165, 1.54) is 30.3 Å². The number of halogens is 1. The van der Waals surface area contributed by atoms with Crippen molar-refractivity contribution in [3.05, 3.63) is 41.7 Å². The third-order valence-corrected chi connectivity index (χ3v) is 1.65. The largest absolute Gasteiger partial charge is 0.392 e. The first-order valence-electron chi connectivity index (χ1n) is 3.79. The van der Waals surface area contributed by atoms with Gasteiger partial charge in [-0.15, -0.1) is 0 Å². The molecule has 0 saturated heterocycles. The lowest BCUT2D eigenvalue weighted by molar-refractivity contribution is -0.104. The normalized spacial score (nSPS) is 11.4. The summed E-state index contributed by atoms with van der Waals surface area (Å²) in [4.78, 5) is 10.2. The van der Waals surface area contributed by atoms with Gasteiger partial charge in [-0.3, -0.25) is 4.79 Å². The lowest BCUT2D eigenvalue weighted by atomic mass is 10.1. The van der Waals surface area contributed by atoms with Crippen LogP contribution in [0, 0.1) is 5.82 Å². The van der Waals surface area contributed by atoms with Crippen molar-refractivity contribution in [1.82, 2.24) is 0 Å². The lowest BCUT2D eigenvalue weighted by Gasteiger charge is -2.01. The van der Waals surface area contributed by atoms with E-state index in [0.29, 0.717) is 17.4 Å².